The molecule has 80 valence electrons. The van der Waals surface area contributed by atoms with Crippen LogP contribution in [0.25, 0.3) is 0 Å². The second-order valence-electron chi connectivity index (χ2n) is 2.98. The van der Waals surface area contributed by atoms with Crippen molar-refractivity contribution in [3.63, 3.8) is 0 Å². The van der Waals surface area contributed by atoms with E-state index in [-0.39, 0.29) is 10.9 Å². The third kappa shape index (κ3) is 3.38. The van der Waals surface area contributed by atoms with E-state index in [1.807, 2.05) is 0 Å². The summed E-state index contributed by atoms with van der Waals surface area (Å²) in [6.07, 6.45) is 4.07. The molecule has 0 aliphatic rings. The Bertz CT molecular complexity index is 529. The number of hydrogen-bond acceptors (Lipinski definition) is 4. The van der Waals surface area contributed by atoms with Gasteiger partial charge in [0.2, 0.25) is 6.19 Å². The van der Waals surface area contributed by atoms with E-state index in [0.29, 0.717) is 10.3 Å². The molecular formula is C8H8ClN3O2S. The molecule has 1 unspecified atom stereocenters. The summed E-state index contributed by atoms with van der Waals surface area (Å²) in [5.74, 6) is 0.0555. The minimum Gasteiger partial charge on any atom is -0.618 e. The van der Waals surface area contributed by atoms with Gasteiger partial charge in [-0.2, -0.15) is 9.99 Å². The summed E-state index contributed by atoms with van der Waals surface area (Å²) in [5, 5.41) is 19.4. The van der Waals surface area contributed by atoms with Gasteiger partial charge in [-0.3, -0.25) is 0 Å². The predicted octanol–water partition coefficient (Wildman–Crippen LogP) is 1.05. The minimum atomic E-state index is -2.60. The highest BCUT2D eigenvalue weighted by Crippen LogP contribution is 2.07. The van der Waals surface area contributed by atoms with Crippen LogP contribution in [-0.2, 0) is 15.5 Å². The van der Waals surface area contributed by atoms with Gasteiger partial charge in [0.05, 0.1) is 15.5 Å². The molecule has 0 N–H and O–H groups in total. The zero-order valence-electron chi connectivity index (χ0n) is 7.88. The molecule has 5 nitrogen and oxygen atoms in total. The Morgan fingerprint density at radius 2 is 2.40 bits per heavy atom. The Hall–Kier alpha value is -1.32. The van der Waals surface area contributed by atoms with Crippen molar-refractivity contribution >= 4 is 21.3 Å². The van der Waals surface area contributed by atoms with Gasteiger partial charge in [-0.25, -0.2) is 4.21 Å². The van der Waals surface area contributed by atoms with E-state index in [1.54, 1.807) is 6.07 Å². The molecule has 1 atom stereocenters. The van der Waals surface area contributed by atoms with Gasteiger partial charge in [0, 0.05) is 17.9 Å². The van der Waals surface area contributed by atoms with E-state index in [2.05, 4.69) is 4.36 Å². The Morgan fingerprint density at radius 3 is 2.93 bits per heavy atom. The summed E-state index contributed by atoms with van der Waals surface area (Å²) in [4.78, 5) is 0. The molecule has 0 aliphatic heterocycles. The van der Waals surface area contributed by atoms with Gasteiger partial charge in [0.15, 0.2) is 6.20 Å². The number of nitriles is 1. The molecule has 0 saturated carbocycles. The van der Waals surface area contributed by atoms with Crippen LogP contribution >= 0.6 is 11.6 Å². The van der Waals surface area contributed by atoms with E-state index in [0.717, 1.165) is 0 Å². The molecule has 15 heavy (non-hydrogen) atoms. The van der Waals surface area contributed by atoms with Crippen molar-refractivity contribution in [3.05, 3.63) is 34.3 Å². The highest BCUT2D eigenvalue weighted by molar-refractivity contribution is 7.92. The maximum Gasteiger partial charge on any atom is 0.286 e. The zero-order valence-corrected chi connectivity index (χ0v) is 9.46. The van der Waals surface area contributed by atoms with Crippen LogP contribution in [0.2, 0.25) is 5.15 Å². The van der Waals surface area contributed by atoms with Crippen LogP contribution in [0.15, 0.2) is 22.7 Å². The fraction of sp³-hybridized carbons (Fsp3) is 0.250. The van der Waals surface area contributed by atoms with E-state index in [4.69, 9.17) is 16.9 Å². The van der Waals surface area contributed by atoms with Crippen molar-refractivity contribution in [2.75, 3.05) is 6.26 Å². The van der Waals surface area contributed by atoms with Gasteiger partial charge in [0.25, 0.3) is 5.15 Å². The molecule has 1 rings (SSSR count). The fourth-order valence-electron chi connectivity index (χ4n) is 1.02. The molecule has 0 bridgehead atoms. The van der Waals surface area contributed by atoms with Crippen molar-refractivity contribution in [1.29, 1.82) is 5.26 Å². The molecule has 0 radical (unpaired) electrons. The van der Waals surface area contributed by atoms with Crippen molar-refractivity contribution in [2.45, 2.75) is 5.75 Å². The summed E-state index contributed by atoms with van der Waals surface area (Å²) in [5.41, 5.74) is 0.529. The van der Waals surface area contributed by atoms with Crippen LogP contribution in [0, 0.1) is 16.7 Å². The average molecular weight is 246 g/mol. The van der Waals surface area contributed by atoms with E-state index < -0.39 is 9.73 Å². The van der Waals surface area contributed by atoms with Crippen molar-refractivity contribution < 1.29 is 8.94 Å². The molecule has 0 fully saturated rings. The Labute approximate surface area is 92.7 Å². The standard InChI is InChI=1S/C8H8ClN3O2S/c1-15(14,11-6-10)5-7-2-3-8(9)12(13)4-7/h2-4H,5H2,1H3. The maximum absolute atomic E-state index is 11.6. The SMILES string of the molecule is CS(=O)(Cc1ccc(Cl)[n+]([O-])c1)=NC#N. The van der Waals surface area contributed by atoms with E-state index >= 15 is 0 Å². The monoisotopic (exact) mass is 245 g/mol. The normalized spacial score (nSPS) is 13.9. The largest absolute Gasteiger partial charge is 0.618 e. The first-order valence-electron chi connectivity index (χ1n) is 3.90. The lowest BCUT2D eigenvalue weighted by Gasteiger charge is -2.03. The van der Waals surface area contributed by atoms with Gasteiger partial charge in [-0.05, 0) is 17.7 Å². The molecular weight excluding hydrogens is 238 g/mol. The zero-order chi connectivity index (χ0) is 11.5. The number of pyridine rings is 1. The van der Waals surface area contributed by atoms with Crippen molar-refractivity contribution in [1.82, 2.24) is 0 Å². The van der Waals surface area contributed by atoms with Crippen LogP contribution in [0.4, 0.5) is 0 Å². The topological polar surface area (TPSA) is 80.2 Å². The second kappa shape index (κ2) is 4.47. The van der Waals surface area contributed by atoms with Crippen LogP contribution in [-0.4, -0.2) is 10.5 Å². The maximum atomic E-state index is 11.6. The van der Waals surface area contributed by atoms with Crippen molar-refractivity contribution in [3.8, 4) is 6.19 Å². The van der Waals surface area contributed by atoms with Gasteiger partial charge in [-0.15, -0.1) is 4.36 Å². The molecule has 0 saturated heterocycles. The molecule has 1 heterocycles. The lowest BCUT2D eigenvalue weighted by Crippen LogP contribution is -2.27. The van der Waals surface area contributed by atoms with Gasteiger partial charge >= 0.3 is 0 Å². The first-order valence-corrected chi connectivity index (χ1v) is 6.37. The van der Waals surface area contributed by atoms with E-state index in [9.17, 15) is 9.42 Å². The summed E-state index contributed by atoms with van der Waals surface area (Å²) >= 11 is 5.52. The van der Waals surface area contributed by atoms with Crippen LogP contribution in [0.1, 0.15) is 5.56 Å². The second-order valence-corrected chi connectivity index (χ2v) is 5.76. The lowest BCUT2D eigenvalue weighted by atomic mass is 10.3. The van der Waals surface area contributed by atoms with Gasteiger partial charge < -0.3 is 5.21 Å². The van der Waals surface area contributed by atoms with Crippen LogP contribution < -0.4 is 4.73 Å². The third-order valence-corrected chi connectivity index (χ3v) is 3.23. The first kappa shape index (κ1) is 11.8. The van der Waals surface area contributed by atoms with Gasteiger partial charge in [-0.1, -0.05) is 0 Å². The Morgan fingerprint density at radius 1 is 1.73 bits per heavy atom. The number of aromatic nitrogens is 1. The molecule has 0 aromatic carbocycles. The van der Waals surface area contributed by atoms with Crippen LogP contribution in [0.5, 0.6) is 0 Å². The molecule has 7 heteroatoms. The number of hydrogen-bond donors (Lipinski definition) is 0. The highest BCUT2D eigenvalue weighted by atomic mass is 35.5. The van der Waals surface area contributed by atoms with Gasteiger partial charge in [0.1, 0.15) is 0 Å². The number of rotatable bonds is 2. The molecule has 1 aromatic rings. The molecule has 0 spiro atoms. The summed E-state index contributed by atoms with van der Waals surface area (Å²) in [6, 6.07) is 2.98. The summed E-state index contributed by atoms with van der Waals surface area (Å²) in [6.45, 7) is 0. The molecule has 1 aromatic heterocycles. The molecule has 0 amide bonds. The Balaban J connectivity index is 3.03. The number of nitrogens with zero attached hydrogens (tertiary/aromatic N) is 3. The Kier molecular flexibility index (Phi) is 3.50. The first-order chi connectivity index (χ1) is 6.94. The van der Waals surface area contributed by atoms with Crippen LogP contribution in [0.3, 0.4) is 0 Å². The minimum absolute atomic E-state index is 0.0403. The quantitative estimate of drug-likeness (QED) is 0.338. The third-order valence-electron chi connectivity index (χ3n) is 1.60. The highest BCUT2D eigenvalue weighted by Gasteiger charge is 2.08. The fourth-order valence-corrected chi connectivity index (χ4v) is 2.16. The number of halogens is 1. The van der Waals surface area contributed by atoms with Crippen molar-refractivity contribution in [2.24, 2.45) is 4.36 Å². The lowest BCUT2D eigenvalue weighted by molar-refractivity contribution is -0.603. The average Bonchev–Trinajstić information content (AvgIpc) is 2.10. The summed E-state index contributed by atoms with van der Waals surface area (Å²) < 4.78 is 15.4. The summed E-state index contributed by atoms with van der Waals surface area (Å²) in [7, 11) is -2.60. The van der Waals surface area contributed by atoms with E-state index in [1.165, 1.54) is 24.7 Å². The smallest absolute Gasteiger partial charge is 0.286 e. The predicted molar refractivity (Wildman–Crippen MR) is 56.2 cm³/mol. The molecule has 0 aliphatic carbocycles.